The Hall–Kier alpha value is -3.19. The molecule has 2 aromatic heterocycles. The zero-order valence-electron chi connectivity index (χ0n) is 16.4. The molecular weight excluding hydrogens is 386 g/mol. The molecule has 0 bridgehead atoms. The summed E-state index contributed by atoms with van der Waals surface area (Å²) in [6.45, 7) is 4.48. The molecule has 6 nitrogen and oxygen atoms in total. The Kier molecular flexibility index (Phi) is 6.97. The molecular formula is C22H23N3O3S. The van der Waals surface area contributed by atoms with Crippen molar-refractivity contribution in [2.24, 2.45) is 0 Å². The second-order valence-corrected chi connectivity index (χ2v) is 7.35. The molecule has 2 heterocycles. The van der Waals surface area contributed by atoms with Gasteiger partial charge in [-0.2, -0.15) is 5.10 Å². The van der Waals surface area contributed by atoms with Crippen molar-refractivity contribution in [1.29, 1.82) is 0 Å². The molecule has 0 spiro atoms. The average Bonchev–Trinajstić information content (AvgIpc) is 3.37. The first-order valence-corrected chi connectivity index (χ1v) is 10.3. The Bertz CT molecular complexity index is 978. The van der Waals surface area contributed by atoms with Crippen molar-refractivity contribution in [3.05, 3.63) is 71.2 Å². The Morgan fingerprint density at radius 2 is 2.03 bits per heavy atom. The maximum absolute atomic E-state index is 12.1. The zero-order valence-corrected chi connectivity index (χ0v) is 17.2. The first-order chi connectivity index (χ1) is 14.1. The van der Waals surface area contributed by atoms with Gasteiger partial charge in [-0.05, 0) is 36.9 Å². The van der Waals surface area contributed by atoms with Gasteiger partial charge in [-0.15, -0.1) is 11.3 Å². The van der Waals surface area contributed by atoms with Crippen molar-refractivity contribution in [3.63, 3.8) is 0 Å². The van der Waals surface area contributed by atoms with E-state index in [0.29, 0.717) is 13.1 Å². The minimum atomic E-state index is -0.843. The van der Waals surface area contributed by atoms with Crippen LogP contribution in [0.4, 0.5) is 0 Å². The number of rotatable bonds is 8. The second kappa shape index (κ2) is 9.84. The summed E-state index contributed by atoms with van der Waals surface area (Å²) in [5.74, 6) is -0.888. The largest absolute Gasteiger partial charge is 0.449 e. The lowest BCUT2D eigenvalue weighted by molar-refractivity contribution is -0.150. The minimum absolute atomic E-state index is 0.316. The van der Waals surface area contributed by atoms with Crippen LogP contribution in [0.15, 0.2) is 60.1 Å². The highest BCUT2D eigenvalue weighted by atomic mass is 32.1. The molecule has 1 aromatic carbocycles. The fraction of sp³-hybridized carbons (Fsp3) is 0.227. The Labute approximate surface area is 173 Å². The van der Waals surface area contributed by atoms with Gasteiger partial charge in [0.05, 0.1) is 11.4 Å². The number of thiophene rings is 1. The normalized spacial score (nSPS) is 12.1. The molecule has 0 aliphatic carbocycles. The van der Waals surface area contributed by atoms with Gasteiger partial charge in [0.15, 0.2) is 6.10 Å². The number of carbonyl (C=O) groups is 2. The molecule has 7 heteroatoms. The molecule has 0 unspecified atom stereocenters. The standard InChI is InChI=1S/C22H23N3O3S/c1-3-23-22(27)16(2)28-20(26)12-11-18-15-25(14-17-8-5-4-6-9-17)24-21(18)19-10-7-13-29-19/h4-13,15-16H,3,14H2,1-2H3,(H,23,27)/b12-11+/t16-/m0/s1. The summed E-state index contributed by atoms with van der Waals surface area (Å²) in [6, 6.07) is 14.0. The lowest BCUT2D eigenvalue weighted by Crippen LogP contribution is -2.35. The Balaban J connectivity index is 1.77. The van der Waals surface area contributed by atoms with Crippen LogP contribution >= 0.6 is 11.3 Å². The number of likely N-dealkylation sites (N-methyl/N-ethyl adjacent to an activating group) is 1. The number of hydrogen-bond acceptors (Lipinski definition) is 5. The molecule has 3 aromatic rings. The topological polar surface area (TPSA) is 73.2 Å². The molecule has 0 radical (unpaired) electrons. The van der Waals surface area contributed by atoms with Crippen molar-refractivity contribution >= 4 is 29.3 Å². The smallest absolute Gasteiger partial charge is 0.331 e. The van der Waals surface area contributed by atoms with Gasteiger partial charge in [-0.25, -0.2) is 4.79 Å². The molecule has 0 aliphatic heterocycles. The molecule has 1 N–H and O–H groups in total. The zero-order chi connectivity index (χ0) is 20.6. The minimum Gasteiger partial charge on any atom is -0.449 e. The monoisotopic (exact) mass is 409 g/mol. The Morgan fingerprint density at radius 3 is 2.72 bits per heavy atom. The maximum Gasteiger partial charge on any atom is 0.331 e. The number of carbonyl (C=O) groups excluding carboxylic acids is 2. The van der Waals surface area contributed by atoms with Gasteiger partial charge in [-0.1, -0.05) is 36.4 Å². The number of aromatic nitrogens is 2. The van der Waals surface area contributed by atoms with Crippen LogP contribution in [-0.4, -0.2) is 34.3 Å². The first-order valence-electron chi connectivity index (χ1n) is 9.38. The lowest BCUT2D eigenvalue weighted by atomic mass is 10.2. The summed E-state index contributed by atoms with van der Waals surface area (Å²) < 4.78 is 7.01. The van der Waals surface area contributed by atoms with E-state index < -0.39 is 12.1 Å². The highest BCUT2D eigenvalue weighted by Gasteiger charge is 2.16. The predicted octanol–water partition coefficient (Wildman–Crippen LogP) is 3.74. The van der Waals surface area contributed by atoms with Gasteiger partial charge in [0.1, 0.15) is 5.69 Å². The van der Waals surface area contributed by atoms with Crippen LogP contribution in [0.1, 0.15) is 25.0 Å². The number of esters is 1. The van der Waals surface area contributed by atoms with Crippen molar-refractivity contribution in [3.8, 4) is 10.6 Å². The summed E-state index contributed by atoms with van der Waals surface area (Å²) in [5.41, 5.74) is 2.75. The van der Waals surface area contributed by atoms with E-state index in [0.717, 1.165) is 21.7 Å². The Morgan fingerprint density at radius 1 is 1.24 bits per heavy atom. The molecule has 29 heavy (non-hydrogen) atoms. The number of nitrogens with one attached hydrogen (secondary N) is 1. The predicted molar refractivity (Wildman–Crippen MR) is 114 cm³/mol. The molecule has 0 fully saturated rings. The van der Waals surface area contributed by atoms with Gasteiger partial charge in [-0.3, -0.25) is 9.48 Å². The van der Waals surface area contributed by atoms with E-state index in [1.54, 1.807) is 24.3 Å². The number of ether oxygens (including phenoxy) is 1. The SMILES string of the molecule is CCNC(=O)[C@H](C)OC(=O)/C=C/c1cn(Cc2ccccc2)nc1-c1cccs1. The van der Waals surface area contributed by atoms with E-state index in [1.807, 2.05) is 65.6 Å². The highest BCUT2D eigenvalue weighted by Crippen LogP contribution is 2.27. The molecule has 1 atom stereocenters. The fourth-order valence-corrected chi connectivity index (χ4v) is 3.49. The van der Waals surface area contributed by atoms with E-state index >= 15 is 0 Å². The lowest BCUT2D eigenvalue weighted by Gasteiger charge is -2.10. The van der Waals surface area contributed by atoms with Gasteiger partial charge in [0.25, 0.3) is 5.91 Å². The third-order valence-electron chi connectivity index (χ3n) is 4.14. The summed E-state index contributed by atoms with van der Waals surface area (Å²) in [4.78, 5) is 24.8. The quantitative estimate of drug-likeness (QED) is 0.454. The molecule has 3 rings (SSSR count). The molecule has 150 valence electrons. The van der Waals surface area contributed by atoms with Crippen LogP contribution in [0.3, 0.4) is 0 Å². The van der Waals surface area contributed by atoms with Crippen molar-refractivity contribution in [2.45, 2.75) is 26.5 Å². The van der Waals surface area contributed by atoms with E-state index in [1.165, 1.54) is 6.08 Å². The summed E-state index contributed by atoms with van der Waals surface area (Å²) in [7, 11) is 0. The van der Waals surface area contributed by atoms with Crippen LogP contribution in [0, 0.1) is 0 Å². The van der Waals surface area contributed by atoms with Gasteiger partial charge in [0.2, 0.25) is 0 Å². The summed E-state index contributed by atoms with van der Waals surface area (Å²) in [6.07, 6.45) is 4.07. The molecule has 1 amide bonds. The third-order valence-corrected chi connectivity index (χ3v) is 5.02. The van der Waals surface area contributed by atoms with Crippen LogP contribution in [0.2, 0.25) is 0 Å². The molecule has 0 saturated carbocycles. The van der Waals surface area contributed by atoms with E-state index in [4.69, 9.17) is 9.84 Å². The van der Waals surface area contributed by atoms with Crippen LogP contribution < -0.4 is 5.32 Å². The van der Waals surface area contributed by atoms with Gasteiger partial charge >= 0.3 is 5.97 Å². The van der Waals surface area contributed by atoms with Gasteiger partial charge in [0, 0.05) is 24.4 Å². The molecule has 0 saturated heterocycles. The second-order valence-electron chi connectivity index (χ2n) is 6.40. The van der Waals surface area contributed by atoms with E-state index in [-0.39, 0.29) is 5.91 Å². The number of benzene rings is 1. The summed E-state index contributed by atoms with van der Waals surface area (Å²) >= 11 is 1.59. The maximum atomic E-state index is 12.1. The van der Waals surface area contributed by atoms with Crippen LogP contribution in [0.5, 0.6) is 0 Å². The summed E-state index contributed by atoms with van der Waals surface area (Å²) in [5, 5.41) is 9.31. The van der Waals surface area contributed by atoms with Crippen molar-refractivity contribution in [1.82, 2.24) is 15.1 Å². The first kappa shape index (κ1) is 20.5. The molecule has 0 aliphatic rings. The number of nitrogens with zero attached hydrogens (tertiary/aromatic N) is 2. The average molecular weight is 410 g/mol. The van der Waals surface area contributed by atoms with Crippen LogP contribution in [0.25, 0.3) is 16.6 Å². The van der Waals surface area contributed by atoms with Crippen molar-refractivity contribution < 1.29 is 14.3 Å². The number of amides is 1. The highest BCUT2D eigenvalue weighted by molar-refractivity contribution is 7.13. The van der Waals surface area contributed by atoms with Crippen molar-refractivity contribution in [2.75, 3.05) is 6.54 Å². The number of hydrogen-bond donors (Lipinski definition) is 1. The third kappa shape index (κ3) is 5.65. The fourth-order valence-electron chi connectivity index (χ4n) is 2.76. The van der Waals surface area contributed by atoms with Crippen LogP contribution in [-0.2, 0) is 20.9 Å². The van der Waals surface area contributed by atoms with E-state index in [9.17, 15) is 9.59 Å². The van der Waals surface area contributed by atoms with Gasteiger partial charge < -0.3 is 10.1 Å². The van der Waals surface area contributed by atoms with E-state index in [2.05, 4.69) is 5.32 Å².